The Hall–Kier alpha value is -5.40. The van der Waals surface area contributed by atoms with Crippen molar-refractivity contribution in [2.75, 3.05) is 13.2 Å². The van der Waals surface area contributed by atoms with E-state index in [1.54, 1.807) is 0 Å². The number of allylic oxidation sites excluding steroid dienone is 24. The molecule has 0 bridgehead atoms. The van der Waals surface area contributed by atoms with E-state index in [9.17, 15) is 34.5 Å². The van der Waals surface area contributed by atoms with Gasteiger partial charge in [0.1, 0.15) is 18.8 Å². The van der Waals surface area contributed by atoms with Gasteiger partial charge >= 0.3 is 23.9 Å². The van der Waals surface area contributed by atoms with Crippen molar-refractivity contribution in [3.05, 3.63) is 146 Å². The number of hydrogen-bond donors (Lipinski definition) is 3. The Kier molecular flexibility index (Phi) is 46.4. The SMILES string of the molecule is CC/C=C\C/C=C\C/C=C\C/C=C\C/C=C\CCCCCC(=O)OC1C(OCC(COC(=O)CCCCCCC/C=C\C/C=C\C/C=C\CC)OC(=O)CC/C=C\C/C=C\C/C=C\C/C=C\CC)OC(C(=O)O)C(O)C1O. The molecule has 3 N–H and O–H groups in total. The highest BCUT2D eigenvalue weighted by molar-refractivity contribution is 5.74. The minimum atomic E-state index is -1.94. The third-order valence-electron chi connectivity index (χ3n) is 11.9. The smallest absolute Gasteiger partial charge is 0.335 e. The lowest BCUT2D eigenvalue weighted by atomic mass is 9.98. The highest BCUT2D eigenvalue weighted by Crippen LogP contribution is 2.26. The quantitative estimate of drug-likeness (QED) is 0.0228. The van der Waals surface area contributed by atoms with Gasteiger partial charge in [0, 0.05) is 19.3 Å². The number of aliphatic hydroxyl groups is 2. The van der Waals surface area contributed by atoms with Crippen molar-refractivity contribution in [1.29, 1.82) is 0 Å². The average molecular weight is 1070 g/mol. The monoisotopic (exact) mass is 1070 g/mol. The van der Waals surface area contributed by atoms with Gasteiger partial charge in [0.25, 0.3) is 0 Å². The van der Waals surface area contributed by atoms with E-state index >= 15 is 0 Å². The van der Waals surface area contributed by atoms with E-state index in [0.717, 1.165) is 122 Å². The molecule has 0 saturated carbocycles. The molecule has 12 nitrogen and oxygen atoms in total. The lowest BCUT2D eigenvalue weighted by Gasteiger charge is -2.40. The van der Waals surface area contributed by atoms with E-state index in [2.05, 4.69) is 154 Å². The number of aliphatic hydroxyl groups excluding tert-OH is 2. The van der Waals surface area contributed by atoms with Crippen molar-refractivity contribution in [2.45, 2.75) is 225 Å². The van der Waals surface area contributed by atoms with Gasteiger partial charge in [-0.25, -0.2) is 4.79 Å². The van der Waals surface area contributed by atoms with Crippen molar-refractivity contribution < 1.29 is 58.2 Å². The number of carbonyl (C=O) groups excluding carboxylic acids is 3. The van der Waals surface area contributed by atoms with E-state index in [0.29, 0.717) is 25.7 Å². The van der Waals surface area contributed by atoms with Gasteiger partial charge in [-0.1, -0.05) is 192 Å². The Morgan fingerprint density at radius 2 is 0.805 bits per heavy atom. The lowest BCUT2D eigenvalue weighted by molar-refractivity contribution is -0.301. The Morgan fingerprint density at radius 1 is 0.429 bits per heavy atom. The van der Waals surface area contributed by atoms with E-state index in [1.807, 2.05) is 12.2 Å². The molecule has 0 aromatic rings. The van der Waals surface area contributed by atoms with Crippen molar-refractivity contribution in [3.63, 3.8) is 0 Å². The first kappa shape index (κ1) is 69.6. The number of aliphatic carboxylic acids is 1. The normalized spacial score (nSPS) is 19.1. The second kappa shape index (κ2) is 51.4. The number of rotatable bonds is 46. The first-order valence-electron chi connectivity index (χ1n) is 28.8. The van der Waals surface area contributed by atoms with Gasteiger partial charge in [0.15, 0.2) is 24.6 Å². The number of carboxylic acid groups (broad SMARTS) is 1. The molecule has 1 heterocycles. The average Bonchev–Trinajstić information content (AvgIpc) is 3.42. The van der Waals surface area contributed by atoms with Gasteiger partial charge in [0.2, 0.25) is 0 Å². The molecule has 0 aliphatic carbocycles. The van der Waals surface area contributed by atoms with Crippen LogP contribution in [0.4, 0.5) is 0 Å². The predicted octanol–water partition coefficient (Wildman–Crippen LogP) is 14.8. The third-order valence-corrected chi connectivity index (χ3v) is 11.9. The fraction of sp³-hybridized carbons (Fsp3) is 0.569. The summed E-state index contributed by atoms with van der Waals surface area (Å²) in [5.41, 5.74) is 0. The van der Waals surface area contributed by atoms with Crippen molar-refractivity contribution in [1.82, 2.24) is 0 Å². The third kappa shape index (κ3) is 41.4. The van der Waals surface area contributed by atoms with Crippen LogP contribution in [0.25, 0.3) is 0 Å². The Labute approximate surface area is 463 Å². The van der Waals surface area contributed by atoms with E-state index in [-0.39, 0.29) is 25.9 Å². The van der Waals surface area contributed by atoms with Gasteiger partial charge in [-0.05, 0) is 122 Å². The topological polar surface area (TPSA) is 175 Å². The maximum absolute atomic E-state index is 13.1. The minimum absolute atomic E-state index is 0.00266. The summed E-state index contributed by atoms with van der Waals surface area (Å²) in [7, 11) is 0. The zero-order chi connectivity index (χ0) is 56.1. The standard InChI is InChI=1S/C65H98O12/c1-4-7-10-13-16-19-22-25-27-28-29-30-32-35-38-41-44-47-50-53-59(68)76-63-61(70)60(69)62(64(71)72)77-65(63)74-55-56(75-58(67)52-49-46-43-40-37-33-24-21-18-15-12-9-6-3)54-73-57(66)51-48-45-42-39-36-34-31-26-23-20-17-14-11-8-5-2/h7-12,16-21,25-27,29-31,33,35,37-38,43,46,56,60-63,65,69-70H,4-6,13-15,22-24,28,32,34,36,39-42,44-45,47-55H2,1-3H3,(H,71,72)/b10-7-,11-8-,12-9-,19-16-,20-17-,21-18-,27-25-,30-29-,31-26-,37-33-,38-35-,46-43-. The van der Waals surface area contributed by atoms with Crippen LogP contribution in [0, 0.1) is 0 Å². The summed E-state index contributed by atoms with van der Waals surface area (Å²) in [6.07, 6.45) is 61.2. The molecule has 1 aliphatic rings. The van der Waals surface area contributed by atoms with Crippen LogP contribution in [-0.4, -0.2) is 89.2 Å². The van der Waals surface area contributed by atoms with E-state index < -0.39 is 67.3 Å². The lowest BCUT2D eigenvalue weighted by Crippen LogP contribution is -2.61. The Morgan fingerprint density at radius 3 is 1.25 bits per heavy atom. The van der Waals surface area contributed by atoms with Crippen LogP contribution in [0.3, 0.4) is 0 Å². The molecule has 1 rings (SSSR count). The molecular formula is C65H98O12. The summed E-state index contributed by atoms with van der Waals surface area (Å²) in [5.74, 6) is -3.32. The molecule has 12 heteroatoms. The molecular weight excluding hydrogens is 973 g/mol. The molecule has 1 aliphatic heterocycles. The van der Waals surface area contributed by atoms with Crippen LogP contribution in [0.2, 0.25) is 0 Å². The number of unbranched alkanes of at least 4 members (excludes halogenated alkanes) is 8. The van der Waals surface area contributed by atoms with E-state index in [4.69, 9.17) is 23.7 Å². The summed E-state index contributed by atoms with van der Waals surface area (Å²) >= 11 is 0. The number of carbonyl (C=O) groups is 4. The molecule has 0 spiro atoms. The second-order valence-electron chi connectivity index (χ2n) is 18.8. The van der Waals surface area contributed by atoms with Gasteiger partial charge in [-0.2, -0.15) is 0 Å². The molecule has 1 saturated heterocycles. The molecule has 0 aromatic heterocycles. The van der Waals surface area contributed by atoms with Crippen LogP contribution >= 0.6 is 0 Å². The predicted molar refractivity (Wildman–Crippen MR) is 312 cm³/mol. The van der Waals surface area contributed by atoms with Crippen LogP contribution in [0.15, 0.2) is 146 Å². The van der Waals surface area contributed by atoms with Crippen LogP contribution in [0.1, 0.15) is 188 Å². The zero-order valence-electron chi connectivity index (χ0n) is 47.1. The molecule has 6 atom stereocenters. The zero-order valence-corrected chi connectivity index (χ0v) is 47.1. The van der Waals surface area contributed by atoms with Crippen LogP contribution in [0.5, 0.6) is 0 Å². The minimum Gasteiger partial charge on any atom is -0.479 e. The highest BCUT2D eigenvalue weighted by Gasteiger charge is 2.50. The summed E-state index contributed by atoms with van der Waals surface area (Å²) in [6, 6.07) is 0. The molecule has 6 unspecified atom stereocenters. The fourth-order valence-corrected chi connectivity index (χ4v) is 7.60. The number of hydrogen-bond acceptors (Lipinski definition) is 11. The first-order chi connectivity index (χ1) is 37.6. The summed E-state index contributed by atoms with van der Waals surface area (Å²) in [4.78, 5) is 51.0. The molecule has 77 heavy (non-hydrogen) atoms. The Balaban J connectivity index is 2.76. The van der Waals surface area contributed by atoms with Crippen molar-refractivity contribution >= 4 is 23.9 Å². The fourth-order valence-electron chi connectivity index (χ4n) is 7.60. The van der Waals surface area contributed by atoms with Gasteiger partial charge in [-0.15, -0.1) is 0 Å². The molecule has 430 valence electrons. The Bertz CT molecular complexity index is 1890. The number of ether oxygens (including phenoxy) is 5. The van der Waals surface area contributed by atoms with Crippen LogP contribution < -0.4 is 0 Å². The molecule has 0 radical (unpaired) electrons. The van der Waals surface area contributed by atoms with Crippen LogP contribution in [-0.2, 0) is 42.9 Å². The molecule has 1 fully saturated rings. The summed E-state index contributed by atoms with van der Waals surface area (Å²) in [6.45, 7) is 5.53. The van der Waals surface area contributed by atoms with E-state index in [1.165, 1.54) is 0 Å². The maximum atomic E-state index is 13.1. The molecule has 0 amide bonds. The number of esters is 3. The maximum Gasteiger partial charge on any atom is 0.335 e. The van der Waals surface area contributed by atoms with Gasteiger partial charge in [0.05, 0.1) is 6.61 Å². The largest absolute Gasteiger partial charge is 0.479 e. The summed E-state index contributed by atoms with van der Waals surface area (Å²) < 4.78 is 28.2. The van der Waals surface area contributed by atoms with Gasteiger partial charge in [-0.3, -0.25) is 14.4 Å². The molecule has 0 aromatic carbocycles. The highest BCUT2D eigenvalue weighted by atomic mass is 16.7. The number of carboxylic acids is 1. The summed E-state index contributed by atoms with van der Waals surface area (Å²) in [5, 5.41) is 31.5. The second-order valence-corrected chi connectivity index (χ2v) is 18.8. The van der Waals surface area contributed by atoms with Crippen molar-refractivity contribution in [2.24, 2.45) is 0 Å². The van der Waals surface area contributed by atoms with Gasteiger partial charge < -0.3 is 39.0 Å². The first-order valence-corrected chi connectivity index (χ1v) is 28.8. The van der Waals surface area contributed by atoms with Crippen molar-refractivity contribution in [3.8, 4) is 0 Å².